The van der Waals surface area contributed by atoms with E-state index >= 15 is 0 Å². The standard InChI is InChI=1S/C22H22N4O4/c27-20(24-7-9-25(10-8-24)22(29)19-6-3-11-30-19)15-13-26(14-15)21(28)17-12-23-18-5-2-1-4-16(17)18/h1-6,11-12,15,23H,7-10,13-14H2. The number of hydrogen-bond acceptors (Lipinski definition) is 4. The molecule has 5 rings (SSSR count). The van der Waals surface area contributed by atoms with Gasteiger partial charge < -0.3 is 24.1 Å². The number of nitrogens with one attached hydrogen (secondary N) is 1. The molecule has 0 saturated carbocycles. The number of rotatable bonds is 3. The average molecular weight is 406 g/mol. The van der Waals surface area contributed by atoms with Crippen LogP contribution in [0.25, 0.3) is 10.9 Å². The van der Waals surface area contributed by atoms with E-state index in [0.29, 0.717) is 50.6 Å². The molecule has 0 bridgehead atoms. The lowest BCUT2D eigenvalue weighted by molar-refractivity contribution is -0.141. The zero-order valence-corrected chi connectivity index (χ0v) is 16.4. The Morgan fingerprint density at radius 3 is 2.33 bits per heavy atom. The summed E-state index contributed by atoms with van der Waals surface area (Å²) in [6.45, 7) is 2.83. The molecule has 30 heavy (non-hydrogen) atoms. The van der Waals surface area contributed by atoms with Gasteiger partial charge in [-0.25, -0.2) is 0 Å². The highest BCUT2D eigenvalue weighted by molar-refractivity contribution is 6.07. The quantitative estimate of drug-likeness (QED) is 0.719. The zero-order valence-electron chi connectivity index (χ0n) is 16.4. The summed E-state index contributed by atoms with van der Waals surface area (Å²) in [5.41, 5.74) is 1.57. The summed E-state index contributed by atoms with van der Waals surface area (Å²) in [7, 11) is 0. The number of hydrogen-bond donors (Lipinski definition) is 1. The highest BCUT2D eigenvalue weighted by atomic mass is 16.3. The summed E-state index contributed by atoms with van der Waals surface area (Å²) in [5, 5.41) is 0.898. The van der Waals surface area contributed by atoms with Gasteiger partial charge >= 0.3 is 0 Å². The molecule has 3 aromatic rings. The second-order valence-electron chi connectivity index (χ2n) is 7.75. The molecule has 4 heterocycles. The molecule has 8 heteroatoms. The number of amides is 3. The van der Waals surface area contributed by atoms with Crippen molar-refractivity contribution in [1.29, 1.82) is 0 Å². The van der Waals surface area contributed by atoms with Gasteiger partial charge in [-0.3, -0.25) is 14.4 Å². The summed E-state index contributed by atoms with van der Waals surface area (Å²) in [6, 6.07) is 11.0. The van der Waals surface area contributed by atoms with Crippen LogP contribution < -0.4 is 0 Å². The number of H-pyrrole nitrogens is 1. The lowest BCUT2D eigenvalue weighted by atomic mass is 9.96. The highest BCUT2D eigenvalue weighted by Crippen LogP contribution is 2.25. The second kappa shape index (κ2) is 7.37. The fraction of sp³-hybridized carbons (Fsp3) is 0.318. The van der Waals surface area contributed by atoms with E-state index in [4.69, 9.17) is 4.42 Å². The molecule has 2 aromatic heterocycles. The fourth-order valence-corrected chi connectivity index (χ4v) is 4.16. The van der Waals surface area contributed by atoms with Gasteiger partial charge in [0.05, 0.1) is 17.7 Å². The van der Waals surface area contributed by atoms with E-state index in [1.165, 1.54) is 6.26 Å². The van der Waals surface area contributed by atoms with Crippen LogP contribution in [0.15, 0.2) is 53.3 Å². The van der Waals surface area contributed by atoms with Crippen molar-refractivity contribution < 1.29 is 18.8 Å². The van der Waals surface area contributed by atoms with Gasteiger partial charge in [0.25, 0.3) is 11.8 Å². The van der Waals surface area contributed by atoms with Crippen LogP contribution >= 0.6 is 0 Å². The van der Waals surface area contributed by atoms with Crippen molar-refractivity contribution >= 4 is 28.6 Å². The third kappa shape index (κ3) is 3.14. The minimum absolute atomic E-state index is 0.0506. The van der Waals surface area contributed by atoms with Crippen molar-refractivity contribution in [2.24, 2.45) is 5.92 Å². The van der Waals surface area contributed by atoms with Crippen LogP contribution in [0, 0.1) is 5.92 Å². The number of nitrogens with zero attached hydrogens (tertiary/aromatic N) is 3. The van der Waals surface area contributed by atoms with E-state index in [-0.39, 0.29) is 23.6 Å². The van der Waals surface area contributed by atoms with Crippen LogP contribution in [-0.4, -0.2) is 76.7 Å². The molecule has 0 spiro atoms. The van der Waals surface area contributed by atoms with Crippen molar-refractivity contribution in [3.8, 4) is 0 Å². The molecule has 3 amide bonds. The third-order valence-corrected chi connectivity index (χ3v) is 5.95. The van der Waals surface area contributed by atoms with E-state index < -0.39 is 0 Å². The summed E-state index contributed by atoms with van der Waals surface area (Å²) in [6.07, 6.45) is 3.21. The Bertz CT molecular complexity index is 1090. The molecule has 1 N–H and O–H groups in total. The number of para-hydroxylation sites is 1. The van der Waals surface area contributed by atoms with E-state index in [9.17, 15) is 14.4 Å². The monoisotopic (exact) mass is 406 g/mol. The maximum absolute atomic E-state index is 12.8. The lowest BCUT2D eigenvalue weighted by Crippen LogP contribution is -2.59. The van der Waals surface area contributed by atoms with E-state index in [0.717, 1.165) is 10.9 Å². The highest BCUT2D eigenvalue weighted by Gasteiger charge is 2.39. The minimum atomic E-state index is -0.175. The largest absolute Gasteiger partial charge is 0.459 e. The molecule has 2 saturated heterocycles. The Hall–Kier alpha value is -3.55. The first-order valence-corrected chi connectivity index (χ1v) is 10.1. The van der Waals surface area contributed by atoms with Crippen molar-refractivity contribution in [2.45, 2.75) is 0 Å². The molecule has 154 valence electrons. The molecule has 2 aliphatic rings. The van der Waals surface area contributed by atoms with E-state index in [2.05, 4.69) is 4.98 Å². The lowest BCUT2D eigenvalue weighted by Gasteiger charge is -2.42. The topological polar surface area (TPSA) is 89.9 Å². The van der Waals surface area contributed by atoms with Crippen molar-refractivity contribution in [3.63, 3.8) is 0 Å². The SMILES string of the molecule is O=C(c1ccco1)N1CCN(C(=O)C2CN(C(=O)c3c[nH]c4ccccc34)C2)CC1. The maximum Gasteiger partial charge on any atom is 0.289 e. The Balaban J connectivity index is 1.15. The molecule has 0 aliphatic carbocycles. The summed E-state index contributed by atoms with van der Waals surface area (Å²) >= 11 is 0. The number of carbonyl (C=O) groups is 3. The number of piperazine rings is 1. The number of likely N-dealkylation sites (tertiary alicyclic amines) is 1. The Morgan fingerprint density at radius 1 is 0.867 bits per heavy atom. The molecule has 0 radical (unpaired) electrons. The Morgan fingerprint density at radius 2 is 1.60 bits per heavy atom. The van der Waals surface area contributed by atoms with Gasteiger partial charge in [0.2, 0.25) is 5.91 Å². The summed E-state index contributed by atoms with van der Waals surface area (Å²) < 4.78 is 5.17. The molecule has 0 atom stereocenters. The maximum atomic E-state index is 12.8. The Labute approximate surface area is 173 Å². The third-order valence-electron chi connectivity index (χ3n) is 5.95. The average Bonchev–Trinajstić information content (AvgIpc) is 3.42. The number of furan rings is 1. The van der Waals surface area contributed by atoms with Gasteiger partial charge in [-0.2, -0.15) is 0 Å². The molecule has 2 aliphatic heterocycles. The van der Waals surface area contributed by atoms with Crippen molar-refractivity contribution in [2.75, 3.05) is 39.3 Å². The molecule has 1 aromatic carbocycles. The second-order valence-corrected chi connectivity index (χ2v) is 7.75. The number of fused-ring (bicyclic) bond motifs is 1. The summed E-state index contributed by atoms with van der Waals surface area (Å²) in [4.78, 5) is 46.3. The fourth-order valence-electron chi connectivity index (χ4n) is 4.16. The van der Waals surface area contributed by atoms with Crippen LogP contribution in [0.5, 0.6) is 0 Å². The van der Waals surface area contributed by atoms with Gasteiger partial charge in [0.15, 0.2) is 5.76 Å². The van der Waals surface area contributed by atoms with Gasteiger partial charge in [-0.15, -0.1) is 0 Å². The van der Waals surface area contributed by atoms with Gasteiger partial charge in [0, 0.05) is 56.4 Å². The minimum Gasteiger partial charge on any atom is -0.459 e. The Kier molecular flexibility index (Phi) is 4.54. The molecule has 0 unspecified atom stereocenters. The number of aromatic nitrogens is 1. The van der Waals surface area contributed by atoms with Crippen LogP contribution in [-0.2, 0) is 4.79 Å². The molecular weight excluding hydrogens is 384 g/mol. The molecule has 8 nitrogen and oxygen atoms in total. The number of aromatic amines is 1. The van der Waals surface area contributed by atoms with Gasteiger partial charge in [0.1, 0.15) is 0 Å². The predicted octanol–water partition coefficient (Wildman–Crippen LogP) is 1.82. The molecule has 2 fully saturated rings. The summed E-state index contributed by atoms with van der Waals surface area (Å²) in [5.74, 6) is 0.00590. The van der Waals surface area contributed by atoms with Crippen molar-refractivity contribution in [3.05, 3.63) is 60.2 Å². The van der Waals surface area contributed by atoms with Gasteiger partial charge in [-0.1, -0.05) is 18.2 Å². The van der Waals surface area contributed by atoms with Crippen LogP contribution in [0.4, 0.5) is 0 Å². The first kappa shape index (κ1) is 18.5. The normalized spacial score (nSPS) is 17.3. The van der Waals surface area contributed by atoms with Crippen molar-refractivity contribution in [1.82, 2.24) is 19.7 Å². The first-order chi connectivity index (χ1) is 14.6. The van der Waals surface area contributed by atoms with Gasteiger partial charge in [-0.05, 0) is 18.2 Å². The first-order valence-electron chi connectivity index (χ1n) is 10.1. The van der Waals surface area contributed by atoms with Crippen LogP contribution in [0.3, 0.4) is 0 Å². The molecular formula is C22H22N4O4. The van der Waals surface area contributed by atoms with E-state index in [1.54, 1.807) is 33.0 Å². The van der Waals surface area contributed by atoms with Crippen LogP contribution in [0.2, 0.25) is 0 Å². The zero-order chi connectivity index (χ0) is 20.7. The number of carbonyl (C=O) groups excluding carboxylic acids is 3. The predicted molar refractivity (Wildman–Crippen MR) is 109 cm³/mol. The van der Waals surface area contributed by atoms with Crippen LogP contribution in [0.1, 0.15) is 20.9 Å². The number of benzene rings is 1. The van der Waals surface area contributed by atoms with E-state index in [1.807, 2.05) is 24.3 Å². The smallest absolute Gasteiger partial charge is 0.289 e.